The van der Waals surface area contributed by atoms with Crippen molar-refractivity contribution in [3.8, 4) is 0 Å². The summed E-state index contributed by atoms with van der Waals surface area (Å²) >= 11 is 0. The van der Waals surface area contributed by atoms with Crippen molar-refractivity contribution in [2.24, 2.45) is 28.6 Å². The van der Waals surface area contributed by atoms with E-state index in [1.165, 1.54) is 0 Å². The van der Waals surface area contributed by atoms with Crippen molar-refractivity contribution in [1.29, 1.82) is 0 Å². The molecule has 0 amide bonds. The molecule has 166 valence electrons. The van der Waals surface area contributed by atoms with E-state index in [1.807, 2.05) is 0 Å². The number of carbonyl (C=O) groups excluding carboxylic acids is 2. The third kappa shape index (κ3) is 2.32. The molecule has 7 nitrogen and oxygen atoms in total. The number of esters is 1. The van der Waals surface area contributed by atoms with Gasteiger partial charge in [-0.25, -0.2) is 4.79 Å². The average molecular weight is 419 g/mol. The van der Waals surface area contributed by atoms with Crippen LogP contribution in [0, 0.1) is 28.6 Å². The molecule has 0 aromatic heterocycles. The predicted octanol–water partition coefficient (Wildman–Crippen LogP) is 0.449. The third-order valence-electron chi connectivity index (χ3n) is 9.92. The van der Waals surface area contributed by atoms with E-state index >= 15 is 0 Å². The van der Waals surface area contributed by atoms with Crippen molar-refractivity contribution in [3.63, 3.8) is 0 Å². The second kappa shape index (κ2) is 6.30. The van der Waals surface area contributed by atoms with Crippen LogP contribution in [0.25, 0.3) is 0 Å². The Morgan fingerprint density at radius 1 is 1.10 bits per heavy atom. The zero-order valence-electron chi connectivity index (χ0n) is 17.4. The van der Waals surface area contributed by atoms with Gasteiger partial charge in [0, 0.05) is 23.3 Å². The Labute approximate surface area is 176 Å². The van der Waals surface area contributed by atoms with E-state index in [9.17, 15) is 30.0 Å². The first-order valence-corrected chi connectivity index (χ1v) is 11.3. The van der Waals surface area contributed by atoms with E-state index in [-0.39, 0.29) is 49.6 Å². The second-order valence-corrected chi connectivity index (χ2v) is 10.7. The van der Waals surface area contributed by atoms with Crippen LogP contribution in [-0.2, 0) is 14.3 Å². The molecule has 0 unspecified atom stereocenters. The van der Waals surface area contributed by atoms with Crippen molar-refractivity contribution in [1.82, 2.24) is 0 Å². The first-order valence-electron chi connectivity index (χ1n) is 11.3. The quantitative estimate of drug-likeness (QED) is 0.555. The lowest BCUT2D eigenvalue weighted by atomic mass is 9.41. The van der Waals surface area contributed by atoms with Gasteiger partial charge in [0.05, 0.1) is 23.3 Å². The maximum atomic E-state index is 12.6. The SMILES string of the molecule is C[C@]12CC[C@H]3[C@H](CC[C@@]4(O)C[C@@H](O)CC[C@]34C(=O)[O-])[C@]1(O)CC[C@H]2C1=CC(=O)OC1. The van der Waals surface area contributed by atoms with Crippen LogP contribution in [0.2, 0.25) is 0 Å². The van der Waals surface area contributed by atoms with Gasteiger partial charge in [-0.15, -0.1) is 0 Å². The van der Waals surface area contributed by atoms with Gasteiger partial charge in [0.25, 0.3) is 0 Å². The lowest BCUT2D eigenvalue weighted by Gasteiger charge is -2.67. The number of carboxylic acids is 1. The summed E-state index contributed by atoms with van der Waals surface area (Å²) in [6.07, 6.45) is 4.64. The van der Waals surface area contributed by atoms with Crippen LogP contribution in [0.3, 0.4) is 0 Å². The van der Waals surface area contributed by atoms with Crippen LogP contribution in [0.15, 0.2) is 11.6 Å². The summed E-state index contributed by atoms with van der Waals surface area (Å²) in [4.78, 5) is 24.2. The van der Waals surface area contributed by atoms with E-state index in [0.717, 1.165) is 12.0 Å². The Morgan fingerprint density at radius 2 is 1.83 bits per heavy atom. The van der Waals surface area contributed by atoms with Crippen LogP contribution in [-0.4, -0.2) is 51.2 Å². The van der Waals surface area contributed by atoms with Gasteiger partial charge in [0.2, 0.25) is 0 Å². The second-order valence-electron chi connectivity index (χ2n) is 10.7. The maximum absolute atomic E-state index is 12.6. The average Bonchev–Trinajstić information content (AvgIpc) is 3.21. The number of aliphatic hydroxyl groups excluding tert-OH is 1. The van der Waals surface area contributed by atoms with Crippen molar-refractivity contribution in [2.75, 3.05) is 6.61 Å². The van der Waals surface area contributed by atoms with Gasteiger partial charge >= 0.3 is 5.97 Å². The summed E-state index contributed by atoms with van der Waals surface area (Å²) in [6.45, 7) is 2.34. The summed E-state index contributed by atoms with van der Waals surface area (Å²) in [7, 11) is 0. The molecule has 3 N–H and O–H groups in total. The fourth-order valence-electron chi connectivity index (χ4n) is 8.47. The normalized spacial score (nSPS) is 52.7. The molecule has 0 aromatic carbocycles. The highest BCUT2D eigenvalue weighted by Gasteiger charge is 2.71. The van der Waals surface area contributed by atoms with Gasteiger partial charge in [0.15, 0.2) is 0 Å². The van der Waals surface area contributed by atoms with Gasteiger partial charge < -0.3 is 30.0 Å². The van der Waals surface area contributed by atoms with E-state index in [1.54, 1.807) is 6.08 Å². The molecule has 30 heavy (non-hydrogen) atoms. The first-order chi connectivity index (χ1) is 14.1. The molecule has 0 bridgehead atoms. The predicted molar refractivity (Wildman–Crippen MR) is 103 cm³/mol. The molecular weight excluding hydrogens is 388 g/mol. The summed E-state index contributed by atoms with van der Waals surface area (Å²) in [6, 6.07) is 0. The van der Waals surface area contributed by atoms with Crippen molar-refractivity contribution < 1.29 is 34.8 Å². The molecule has 5 rings (SSSR count). The number of cyclic esters (lactones) is 1. The smallest absolute Gasteiger partial charge is 0.331 e. The fraction of sp³-hybridized carbons (Fsp3) is 0.826. The van der Waals surface area contributed by atoms with Crippen molar-refractivity contribution in [2.45, 2.75) is 82.0 Å². The number of carbonyl (C=O) groups is 2. The number of rotatable bonds is 2. The number of ether oxygens (including phenoxy) is 1. The third-order valence-corrected chi connectivity index (χ3v) is 9.92. The summed E-state index contributed by atoms with van der Waals surface area (Å²) in [5.74, 6) is -2.19. The summed E-state index contributed by atoms with van der Waals surface area (Å²) < 4.78 is 5.13. The fourth-order valence-corrected chi connectivity index (χ4v) is 8.47. The molecule has 4 fully saturated rings. The lowest BCUT2D eigenvalue weighted by molar-refractivity contribution is -0.350. The Bertz CT molecular complexity index is 822. The highest BCUT2D eigenvalue weighted by atomic mass is 16.5. The maximum Gasteiger partial charge on any atom is 0.331 e. The molecule has 4 saturated carbocycles. The van der Waals surface area contributed by atoms with Crippen LogP contribution in [0.4, 0.5) is 0 Å². The lowest BCUT2D eigenvalue weighted by Crippen LogP contribution is -2.72. The molecule has 0 spiro atoms. The van der Waals surface area contributed by atoms with E-state index in [2.05, 4.69) is 6.92 Å². The van der Waals surface area contributed by atoms with Gasteiger partial charge in [-0.1, -0.05) is 6.92 Å². The van der Waals surface area contributed by atoms with Gasteiger partial charge in [-0.3, -0.25) is 0 Å². The van der Waals surface area contributed by atoms with Crippen LogP contribution in [0.5, 0.6) is 0 Å². The number of carboxylic acid groups (broad SMARTS) is 1. The Balaban J connectivity index is 1.54. The molecule has 0 radical (unpaired) electrons. The summed E-state index contributed by atoms with van der Waals surface area (Å²) in [5, 5.41) is 46.2. The highest BCUT2D eigenvalue weighted by molar-refractivity contribution is 5.85. The largest absolute Gasteiger partial charge is 0.549 e. The van der Waals surface area contributed by atoms with E-state index < -0.39 is 34.1 Å². The van der Waals surface area contributed by atoms with Crippen LogP contribution >= 0.6 is 0 Å². The molecule has 1 heterocycles. The standard InChI is InChI=1S/C23H32O7/c1-20-6-3-16-17(23(20,29)9-5-15(20)13-10-18(25)30-12-13)4-7-21(28)11-14(24)2-8-22(16,21)19(26)27/h10,14-17,24,28-29H,2-9,11-12H2,1H3,(H,26,27)/p-1/t14-,15-,16-,17-,20+,21+,22+,23+/m0/s1. The zero-order valence-corrected chi connectivity index (χ0v) is 17.4. The number of hydrogen-bond donors (Lipinski definition) is 3. The molecule has 8 atom stereocenters. The highest BCUT2D eigenvalue weighted by Crippen LogP contribution is 2.70. The monoisotopic (exact) mass is 419 g/mol. The van der Waals surface area contributed by atoms with Crippen molar-refractivity contribution >= 4 is 11.9 Å². The number of aliphatic hydroxyl groups is 3. The molecule has 0 saturated heterocycles. The van der Waals surface area contributed by atoms with Gasteiger partial charge in [-0.05, 0) is 74.7 Å². The zero-order chi connectivity index (χ0) is 21.5. The van der Waals surface area contributed by atoms with E-state index in [0.29, 0.717) is 32.1 Å². The molecule has 5 aliphatic rings. The molecule has 4 aliphatic carbocycles. The Hall–Kier alpha value is -1.44. The van der Waals surface area contributed by atoms with Crippen molar-refractivity contribution in [3.05, 3.63) is 11.6 Å². The minimum absolute atomic E-state index is 0.0304. The number of fused-ring (bicyclic) bond motifs is 5. The number of aliphatic carboxylic acids is 1. The Morgan fingerprint density at radius 3 is 2.50 bits per heavy atom. The van der Waals surface area contributed by atoms with Crippen LogP contribution in [0.1, 0.15) is 64.7 Å². The molecule has 1 aliphatic heterocycles. The van der Waals surface area contributed by atoms with Gasteiger partial charge in [0.1, 0.15) is 6.61 Å². The summed E-state index contributed by atoms with van der Waals surface area (Å²) in [5.41, 5.74) is -3.53. The number of hydrogen-bond acceptors (Lipinski definition) is 7. The van der Waals surface area contributed by atoms with Crippen LogP contribution < -0.4 is 5.11 Å². The topological polar surface area (TPSA) is 127 Å². The molecular formula is C23H31O7-. The van der Waals surface area contributed by atoms with E-state index in [4.69, 9.17) is 4.74 Å². The first kappa shape index (κ1) is 20.5. The Kier molecular flexibility index (Phi) is 4.30. The minimum Gasteiger partial charge on any atom is -0.549 e. The molecule has 7 heteroatoms. The minimum atomic E-state index is -1.50. The molecule has 0 aromatic rings. The van der Waals surface area contributed by atoms with Gasteiger partial charge in [-0.2, -0.15) is 0 Å².